The molecular weight excluding hydrogens is 785 g/mol. The first-order chi connectivity index (χ1) is 29.4. The van der Waals surface area contributed by atoms with Gasteiger partial charge in [0, 0.05) is 71.5 Å². The maximum atomic E-state index is 12.0. The molecule has 2 aliphatic carbocycles. The Labute approximate surface area is 360 Å². The van der Waals surface area contributed by atoms with Crippen LogP contribution in [-0.4, -0.2) is 56.1 Å². The normalized spacial score (nSPS) is 19.1. The molecular formula is C48H52N8O6. The molecule has 0 unspecified atom stereocenters. The molecule has 4 aliphatic rings. The van der Waals surface area contributed by atoms with Crippen molar-refractivity contribution < 1.29 is 28.5 Å². The fourth-order valence-corrected chi connectivity index (χ4v) is 8.98. The third-order valence-corrected chi connectivity index (χ3v) is 12.9. The Morgan fingerprint density at radius 3 is 1.34 bits per heavy atom. The van der Waals surface area contributed by atoms with Crippen LogP contribution in [0.15, 0.2) is 61.2 Å². The van der Waals surface area contributed by atoms with Crippen molar-refractivity contribution in [2.24, 2.45) is 23.3 Å². The average molecular weight is 837 g/mol. The van der Waals surface area contributed by atoms with Gasteiger partial charge in [-0.2, -0.15) is 0 Å². The number of hydrogen-bond donors (Lipinski definition) is 2. The molecule has 14 nitrogen and oxygen atoms in total. The number of hydrogen-bond acceptors (Lipinski definition) is 14. The largest absolute Gasteiger partial charge is 0.481 e. The SMILES string of the molecule is COc1ncc([C@@](C)(N)C2CC2)c2cc(Cc3ccc4c(n3)C(C)(C)OC4=O)ncc12.COc1ncc([C@](C)(N)C2CC2)c2cc(Cc3ccc4c(n3)C(C)(C)OC4=O)ncc12. The fourth-order valence-electron chi connectivity index (χ4n) is 8.98. The highest BCUT2D eigenvalue weighted by Crippen LogP contribution is 2.47. The molecule has 0 spiro atoms. The van der Waals surface area contributed by atoms with E-state index in [1.807, 2.05) is 52.2 Å². The molecule has 0 bridgehead atoms. The van der Waals surface area contributed by atoms with Gasteiger partial charge in [0.1, 0.15) is 11.2 Å². The zero-order chi connectivity index (χ0) is 43.9. The molecule has 10 rings (SSSR count). The summed E-state index contributed by atoms with van der Waals surface area (Å²) in [5.74, 6) is 1.35. The summed E-state index contributed by atoms with van der Waals surface area (Å²) < 4.78 is 21.8. The highest BCUT2D eigenvalue weighted by atomic mass is 16.6. The predicted octanol–water partition coefficient (Wildman–Crippen LogP) is 7.23. The molecule has 0 radical (unpaired) electrons. The zero-order valence-electron chi connectivity index (χ0n) is 36.5. The summed E-state index contributed by atoms with van der Waals surface area (Å²) in [7, 11) is 3.22. The summed E-state index contributed by atoms with van der Waals surface area (Å²) in [6, 6.07) is 11.4. The van der Waals surface area contributed by atoms with Crippen molar-refractivity contribution in [3.8, 4) is 11.8 Å². The van der Waals surface area contributed by atoms with Gasteiger partial charge in [-0.3, -0.25) is 19.9 Å². The number of carbonyl (C=O) groups is 2. The first-order valence-electron chi connectivity index (χ1n) is 21.1. The van der Waals surface area contributed by atoms with E-state index in [4.69, 9.17) is 40.4 Å². The molecule has 2 aliphatic heterocycles. The van der Waals surface area contributed by atoms with Crippen LogP contribution in [0.3, 0.4) is 0 Å². The van der Waals surface area contributed by atoms with Crippen molar-refractivity contribution in [3.05, 3.63) is 118 Å². The van der Waals surface area contributed by atoms with Gasteiger partial charge >= 0.3 is 11.9 Å². The maximum Gasteiger partial charge on any atom is 0.341 e. The third kappa shape index (κ3) is 7.28. The van der Waals surface area contributed by atoms with E-state index >= 15 is 0 Å². The minimum Gasteiger partial charge on any atom is -0.481 e. The smallest absolute Gasteiger partial charge is 0.341 e. The van der Waals surface area contributed by atoms with E-state index in [2.05, 4.69) is 45.9 Å². The molecule has 14 heteroatoms. The number of aromatic nitrogens is 6. The minimum atomic E-state index is -0.725. The molecule has 6 aromatic heterocycles. The van der Waals surface area contributed by atoms with E-state index in [0.29, 0.717) is 59.0 Å². The van der Waals surface area contributed by atoms with Crippen molar-refractivity contribution in [3.63, 3.8) is 0 Å². The van der Waals surface area contributed by atoms with Gasteiger partial charge in [0.2, 0.25) is 11.8 Å². The standard InChI is InChI=1S/2C24H26N4O3/c2*1-23(2)20-16(22(29)31-23)8-7-14(28-20)9-15-10-17-18(11-26-15)21(30-4)27-12-19(17)24(3,25)13-5-6-13/h2*7-8,10-13H,5-6,9,25H2,1-4H3/t2*24-/m10/s1. The highest BCUT2D eigenvalue weighted by Gasteiger charge is 2.43. The number of cyclic esters (lactones) is 2. The lowest BCUT2D eigenvalue weighted by Gasteiger charge is -2.26. The van der Waals surface area contributed by atoms with Crippen molar-refractivity contribution in [2.45, 2.75) is 102 Å². The third-order valence-electron chi connectivity index (χ3n) is 12.9. The van der Waals surface area contributed by atoms with E-state index in [1.165, 1.54) is 0 Å². The maximum absolute atomic E-state index is 12.0. The van der Waals surface area contributed by atoms with Gasteiger partial charge in [-0.15, -0.1) is 0 Å². The van der Waals surface area contributed by atoms with Crippen molar-refractivity contribution in [1.82, 2.24) is 29.9 Å². The van der Waals surface area contributed by atoms with Crippen molar-refractivity contribution in [1.29, 1.82) is 0 Å². The zero-order valence-corrected chi connectivity index (χ0v) is 36.5. The van der Waals surface area contributed by atoms with Gasteiger partial charge in [-0.05, 0) is 137 Å². The molecule has 62 heavy (non-hydrogen) atoms. The Morgan fingerprint density at radius 2 is 0.984 bits per heavy atom. The summed E-state index contributed by atoms with van der Waals surface area (Å²) in [4.78, 5) is 51.8. The van der Waals surface area contributed by atoms with Crippen LogP contribution in [0.2, 0.25) is 0 Å². The van der Waals surface area contributed by atoms with E-state index in [0.717, 1.165) is 81.1 Å². The molecule has 8 heterocycles. The van der Waals surface area contributed by atoms with E-state index in [9.17, 15) is 9.59 Å². The van der Waals surface area contributed by atoms with Gasteiger partial charge in [-0.1, -0.05) is 0 Å². The fraction of sp³-hybridized carbons (Fsp3) is 0.417. The van der Waals surface area contributed by atoms with Crippen LogP contribution in [0, 0.1) is 11.8 Å². The molecule has 2 saturated carbocycles. The Morgan fingerprint density at radius 1 is 0.597 bits per heavy atom. The molecule has 2 fully saturated rings. The van der Waals surface area contributed by atoms with Crippen LogP contribution in [0.25, 0.3) is 21.5 Å². The van der Waals surface area contributed by atoms with Crippen molar-refractivity contribution in [2.75, 3.05) is 14.2 Å². The molecule has 0 saturated heterocycles. The number of esters is 2. The summed E-state index contributed by atoms with van der Waals surface area (Å²) in [6.45, 7) is 11.6. The Hall–Kier alpha value is -6.12. The van der Waals surface area contributed by atoms with Gasteiger partial charge in [0.25, 0.3) is 0 Å². The summed E-state index contributed by atoms with van der Waals surface area (Å²) >= 11 is 0. The molecule has 0 aromatic carbocycles. The number of nitrogens with zero attached hydrogens (tertiary/aromatic N) is 6. The van der Waals surface area contributed by atoms with Crippen LogP contribution in [-0.2, 0) is 44.6 Å². The lowest BCUT2D eigenvalue weighted by Crippen LogP contribution is -2.35. The quantitative estimate of drug-likeness (QED) is 0.131. The number of carbonyl (C=O) groups excluding carboxylic acids is 2. The molecule has 2 atom stereocenters. The van der Waals surface area contributed by atoms with Crippen LogP contribution >= 0.6 is 0 Å². The second kappa shape index (κ2) is 14.8. The minimum absolute atomic E-state index is 0.325. The van der Waals surface area contributed by atoms with Crippen LogP contribution in [0.4, 0.5) is 0 Å². The number of methoxy groups -OCH3 is 2. The van der Waals surface area contributed by atoms with Gasteiger partial charge in [0.05, 0.1) is 47.5 Å². The Kier molecular flexibility index (Phi) is 9.82. The average Bonchev–Trinajstić information content (AvgIpc) is 4.17. The Balaban J connectivity index is 0.000000158. The van der Waals surface area contributed by atoms with Gasteiger partial charge in [-0.25, -0.2) is 19.6 Å². The van der Waals surface area contributed by atoms with Crippen LogP contribution in [0.5, 0.6) is 11.8 Å². The van der Waals surface area contributed by atoms with Crippen molar-refractivity contribution >= 4 is 33.5 Å². The first kappa shape index (κ1) is 41.2. The lowest BCUT2D eigenvalue weighted by molar-refractivity contribution is 0.00719. The van der Waals surface area contributed by atoms with E-state index in [-0.39, 0.29) is 11.9 Å². The molecule has 0 amide bonds. The number of nitrogens with two attached hydrogens (primary N) is 2. The van der Waals surface area contributed by atoms with Gasteiger partial charge < -0.3 is 30.4 Å². The molecule has 6 aromatic rings. The second-order valence-electron chi connectivity index (χ2n) is 18.5. The summed E-state index contributed by atoms with van der Waals surface area (Å²) in [5, 5.41) is 3.72. The van der Waals surface area contributed by atoms with Crippen LogP contribution < -0.4 is 20.9 Å². The first-order valence-corrected chi connectivity index (χ1v) is 21.1. The number of rotatable bonds is 10. The molecule has 4 N–H and O–H groups in total. The highest BCUT2D eigenvalue weighted by molar-refractivity contribution is 5.95. The predicted molar refractivity (Wildman–Crippen MR) is 232 cm³/mol. The van der Waals surface area contributed by atoms with E-state index in [1.54, 1.807) is 38.7 Å². The van der Waals surface area contributed by atoms with E-state index < -0.39 is 22.3 Å². The number of ether oxygens (including phenoxy) is 4. The summed E-state index contributed by atoms with van der Waals surface area (Å²) in [5.41, 5.74) is 19.0. The monoisotopic (exact) mass is 836 g/mol. The lowest BCUT2D eigenvalue weighted by atomic mass is 9.86. The Bertz CT molecular complexity index is 2620. The van der Waals surface area contributed by atoms with Crippen LogP contribution in [0.1, 0.15) is 133 Å². The molecule has 320 valence electrons. The number of pyridine rings is 6. The number of fused-ring (bicyclic) bond motifs is 4. The summed E-state index contributed by atoms with van der Waals surface area (Å²) in [6.07, 6.45) is 12.9. The second-order valence-corrected chi connectivity index (χ2v) is 18.5. The topological polar surface area (TPSA) is 200 Å². The van der Waals surface area contributed by atoms with Gasteiger partial charge in [0.15, 0.2) is 0 Å².